The highest BCUT2D eigenvalue weighted by atomic mass is 35.5. The van der Waals surface area contributed by atoms with E-state index in [0.717, 1.165) is 4.90 Å². The maximum absolute atomic E-state index is 12.4. The summed E-state index contributed by atoms with van der Waals surface area (Å²) in [5.74, 6) is -1.82. The second-order valence-corrected chi connectivity index (χ2v) is 7.06. The minimum atomic E-state index is -0.677. The first-order chi connectivity index (χ1) is 13.3. The first-order valence-electron chi connectivity index (χ1n) is 7.86. The molecule has 0 aromatic heterocycles. The number of halogens is 2. The van der Waals surface area contributed by atoms with Gasteiger partial charge in [-0.25, -0.2) is 4.79 Å². The quantitative estimate of drug-likeness (QED) is 0.464. The molecule has 1 aromatic rings. The van der Waals surface area contributed by atoms with Gasteiger partial charge in [-0.05, 0) is 42.5 Å². The van der Waals surface area contributed by atoms with Crippen molar-refractivity contribution in [1.82, 2.24) is 4.90 Å². The molecular formula is C17H15Cl2NO7S. The molecule has 1 heterocycles. The first kappa shape index (κ1) is 22.1. The summed E-state index contributed by atoms with van der Waals surface area (Å²) in [4.78, 5) is 48.0. The third kappa shape index (κ3) is 5.40. The summed E-state index contributed by atoms with van der Waals surface area (Å²) < 4.78 is 14.4. The highest BCUT2D eigenvalue weighted by molar-refractivity contribution is 8.18. The van der Waals surface area contributed by atoms with Crippen LogP contribution in [0.2, 0.25) is 10.0 Å². The van der Waals surface area contributed by atoms with Crippen molar-refractivity contribution < 1.29 is 33.4 Å². The summed E-state index contributed by atoms with van der Waals surface area (Å²) in [6.45, 7) is 0.934. The maximum Gasteiger partial charge on any atom is 0.343 e. The Morgan fingerprint density at radius 1 is 1.18 bits per heavy atom. The van der Waals surface area contributed by atoms with Gasteiger partial charge in [0.25, 0.3) is 11.1 Å². The van der Waals surface area contributed by atoms with Gasteiger partial charge in [-0.1, -0.05) is 23.2 Å². The fraction of sp³-hybridized carbons (Fsp3) is 0.294. The highest BCUT2D eigenvalue weighted by Gasteiger charge is 2.36. The number of benzene rings is 1. The Labute approximate surface area is 174 Å². The van der Waals surface area contributed by atoms with E-state index >= 15 is 0 Å². The molecule has 0 saturated carbocycles. The van der Waals surface area contributed by atoms with Gasteiger partial charge >= 0.3 is 11.9 Å². The molecule has 2 rings (SSSR count). The van der Waals surface area contributed by atoms with E-state index in [1.165, 1.54) is 25.3 Å². The van der Waals surface area contributed by atoms with Gasteiger partial charge in [0.15, 0.2) is 12.4 Å². The van der Waals surface area contributed by atoms with Gasteiger partial charge in [-0.15, -0.1) is 0 Å². The van der Waals surface area contributed by atoms with Gasteiger partial charge in [-0.3, -0.25) is 19.3 Å². The number of thioether (sulfide) groups is 1. The van der Waals surface area contributed by atoms with Crippen molar-refractivity contribution >= 4 is 64.1 Å². The molecule has 1 aliphatic heterocycles. The number of amides is 2. The van der Waals surface area contributed by atoms with Crippen LogP contribution >= 0.6 is 35.0 Å². The Morgan fingerprint density at radius 3 is 2.39 bits per heavy atom. The molecule has 0 unspecified atom stereocenters. The number of carbonyl (C=O) groups excluding carboxylic acids is 4. The van der Waals surface area contributed by atoms with E-state index in [-0.39, 0.29) is 33.9 Å². The fourth-order valence-corrected chi connectivity index (χ4v) is 3.57. The monoisotopic (exact) mass is 447 g/mol. The van der Waals surface area contributed by atoms with Crippen LogP contribution in [0.5, 0.6) is 5.75 Å². The number of imide groups is 1. The van der Waals surface area contributed by atoms with E-state index < -0.39 is 29.6 Å². The van der Waals surface area contributed by atoms with Crippen LogP contribution in [0.3, 0.4) is 0 Å². The molecule has 2 amide bonds. The van der Waals surface area contributed by atoms with Crippen LogP contribution < -0.4 is 4.74 Å². The molecular weight excluding hydrogens is 433 g/mol. The number of methoxy groups -OCH3 is 1. The van der Waals surface area contributed by atoms with Crippen LogP contribution in [0.25, 0.3) is 6.08 Å². The average molecular weight is 448 g/mol. The third-order valence-electron chi connectivity index (χ3n) is 3.35. The van der Waals surface area contributed by atoms with Crippen LogP contribution in [-0.2, 0) is 23.9 Å². The van der Waals surface area contributed by atoms with Gasteiger partial charge < -0.3 is 14.2 Å². The molecule has 8 nitrogen and oxygen atoms in total. The molecule has 1 aromatic carbocycles. The smallest absolute Gasteiger partial charge is 0.343 e. The molecule has 0 N–H and O–H groups in total. The van der Waals surface area contributed by atoms with Crippen molar-refractivity contribution in [3.05, 3.63) is 32.6 Å². The van der Waals surface area contributed by atoms with E-state index in [9.17, 15) is 19.2 Å². The zero-order chi connectivity index (χ0) is 20.8. The molecule has 0 bridgehead atoms. The maximum atomic E-state index is 12.4. The van der Waals surface area contributed by atoms with Crippen molar-refractivity contribution in [2.45, 2.75) is 6.92 Å². The van der Waals surface area contributed by atoms with E-state index in [1.807, 2.05) is 0 Å². The Morgan fingerprint density at radius 2 is 1.82 bits per heavy atom. The van der Waals surface area contributed by atoms with Crippen molar-refractivity contribution in [2.24, 2.45) is 0 Å². The number of hydrogen-bond donors (Lipinski definition) is 0. The average Bonchev–Trinajstić information content (AvgIpc) is 2.88. The second-order valence-electron chi connectivity index (χ2n) is 5.25. The number of ether oxygens (including phenoxy) is 3. The normalized spacial score (nSPS) is 15.1. The van der Waals surface area contributed by atoms with Gasteiger partial charge in [0.2, 0.25) is 0 Å². The van der Waals surface area contributed by atoms with Crippen LogP contribution in [0.15, 0.2) is 17.0 Å². The lowest BCUT2D eigenvalue weighted by molar-refractivity contribution is -0.146. The minimum Gasteiger partial charge on any atom is -0.479 e. The van der Waals surface area contributed by atoms with Crippen LogP contribution in [0, 0.1) is 0 Å². The van der Waals surface area contributed by atoms with Crippen molar-refractivity contribution in [3.8, 4) is 5.75 Å². The topological polar surface area (TPSA) is 99.2 Å². The zero-order valence-electron chi connectivity index (χ0n) is 14.8. The zero-order valence-corrected chi connectivity index (χ0v) is 17.2. The molecule has 0 atom stereocenters. The Kier molecular flexibility index (Phi) is 7.73. The number of hydrogen-bond acceptors (Lipinski definition) is 8. The lowest BCUT2D eigenvalue weighted by atomic mass is 10.2. The Balaban J connectivity index is 2.19. The van der Waals surface area contributed by atoms with Gasteiger partial charge in [0.1, 0.15) is 6.54 Å². The van der Waals surface area contributed by atoms with E-state index in [1.54, 1.807) is 6.92 Å². The molecule has 1 aliphatic rings. The molecule has 150 valence electrons. The largest absolute Gasteiger partial charge is 0.479 e. The summed E-state index contributed by atoms with van der Waals surface area (Å²) in [5, 5.41) is -0.374. The standard InChI is InChI=1S/C17H15Cl2NO7S/c1-3-26-13(21)7-20-16(23)12(28-17(20)24)6-9-4-10(18)15(11(19)5-9)27-8-14(22)25-2/h4-6H,3,7-8H2,1-2H3. The number of nitrogens with zero attached hydrogens (tertiary/aromatic N) is 1. The highest BCUT2D eigenvalue weighted by Crippen LogP contribution is 2.37. The third-order valence-corrected chi connectivity index (χ3v) is 4.82. The van der Waals surface area contributed by atoms with Crippen LogP contribution in [0.1, 0.15) is 12.5 Å². The fourth-order valence-electron chi connectivity index (χ4n) is 2.11. The molecule has 1 fully saturated rings. The summed E-state index contributed by atoms with van der Waals surface area (Å²) in [5.41, 5.74) is 0.432. The number of rotatable bonds is 7. The van der Waals surface area contributed by atoms with E-state index in [2.05, 4.69) is 4.74 Å². The van der Waals surface area contributed by atoms with Crippen LogP contribution in [0.4, 0.5) is 4.79 Å². The Hall–Kier alpha value is -2.23. The van der Waals surface area contributed by atoms with Gasteiger partial charge in [-0.2, -0.15) is 0 Å². The van der Waals surface area contributed by atoms with E-state index in [0.29, 0.717) is 17.3 Å². The minimum absolute atomic E-state index is 0.0845. The predicted octanol–water partition coefficient (Wildman–Crippen LogP) is 3.14. The van der Waals surface area contributed by atoms with Gasteiger partial charge in [0.05, 0.1) is 28.7 Å². The number of esters is 2. The van der Waals surface area contributed by atoms with Crippen LogP contribution in [-0.4, -0.2) is 54.9 Å². The molecule has 11 heteroatoms. The van der Waals surface area contributed by atoms with Crippen molar-refractivity contribution in [2.75, 3.05) is 26.9 Å². The second kappa shape index (κ2) is 9.81. The molecule has 0 radical (unpaired) electrons. The lowest BCUT2D eigenvalue weighted by Gasteiger charge is -2.11. The summed E-state index contributed by atoms with van der Waals surface area (Å²) in [6, 6.07) is 2.92. The summed E-state index contributed by atoms with van der Waals surface area (Å²) in [6.07, 6.45) is 1.41. The molecule has 1 saturated heterocycles. The number of carbonyl (C=O) groups is 4. The van der Waals surface area contributed by atoms with E-state index in [4.69, 9.17) is 32.7 Å². The molecule has 28 heavy (non-hydrogen) atoms. The summed E-state index contributed by atoms with van der Waals surface area (Å²) >= 11 is 12.9. The molecule has 0 spiro atoms. The lowest BCUT2D eigenvalue weighted by Crippen LogP contribution is -2.34. The first-order valence-corrected chi connectivity index (χ1v) is 9.43. The Bertz CT molecular complexity index is 833. The summed E-state index contributed by atoms with van der Waals surface area (Å²) in [7, 11) is 1.22. The predicted molar refractivity (Wildman–Crippen MR) is 103 cm³/mol. The van der Waals surface area contributed by atoms with Crippen molar-refractivity contribution in [3.63, 3.8) is 0 Å². The SMILES string of the molecule is CCOC(=O)CN1C(=O)SC(=Cc2cc(Cl)c(OCC(=O)OC)c(Cl)c2)C1=O. The van der Waals surface area contributed by atoms with Gasteiger partial charge in [0, 0.05) is 0 Å². The molecule has 0 aliphatic carbocycles. The van der Waals surface area contributed by atoms with Crippen molar-refractivity contribution in [1.29, 1.82) is 0 Å².